The number of hydrogen-bond acceptors (Lipinski definition) is 0. The summed E-state index contributed by atoms with van der Waals surface area (Å²) in [5, 5.41) is 0. The Morgan fingerprint density at radius 1 is 1.25 bits per heavy atom. The van der Waals surface area contributed by atoms with Gasteiger partial charge in [-0.1, -0.05) is 45.2 Å². The lowest BCUT2D eigenvalue weighted by Crippen LogP contribution is -1.81. The molecule has 0 aromatic heterocycles. The Balaban J connectivity index is 2.53. The first-order chi connectivity index (χ1) is 3.91. The molecule has 1 heteroatoms. The lowest BCUT2D eigenvalue weighted by atomic mass is 10.2. The normalized spacial score (nSPS) is 11.2. The molecule has 0 rings (SSSR count). The van der Waals surface area contributed by atoms with Gasteiger partial charge in [0.1, 0.15) is 0 Å². The molecule has 0 saturated heterocycles. The highest BCUT2D eigenvalue weighted by atomic mass is 28.2. The van der Waals surface area contributed by atoms with E-state index in [1.165, 1.54) is 31.7 Å². The highest BCUT2D eigenvalue weighted by Gasteiger charge is 1.83. The smallest absolute Gasteiger partial charge is 0.0194 e. The molecule has 0 heterocycles. The van der Waals surface area contributed by atoms with Crippen molar-refractivity contribution in [1.82, 2.24) is 0 Å². The fourth-order valence-corrected chi connectivity index (χ4v) is 1.49. The van der Waals surface area contributed by atoms with E-state index in [0.717, 1.165) is 0 Å². The third-order valence-corrected chi connectivity index (χ3v) is 2.35. The molecule has 8 heavy (non-hydrogen) atoms. The molecule has 0 aliphatic heterocycles. The van der Waals surface area contributed by atoms with Gasteiger partial charge >= 0.3 is 0 Å². The minimum Gasteiger partial charge on any atom is -0.0656 e. The first kappa shape index (κ1) is 8.22. The van der Waals surface area contributed by atoms with Crippen LogP contribution in [0.2, 0.25) is 6.04 Å². The first-order valence-corrected chi connectivity index (χ1v) is 5.71. The Morgan fingerprint density at radius 2 is 2.00 bits per heavy atom. The predicted octanol–water partition coefficient (Wildman–Crippen LogP) is 1.95. The average molecular weight is 129 g/mol. The van der Waals surface area contributed by atoms with Crippen molar-refractivity contribution >= 4 is 9.52 Å². The topological polar surface area (TPSA) is 0 Å². The molecule has 49 valence electrons. The van der Waals surface area contributed by atoms with E-state index in [4.69, 9.17) is 0 Å². The fraction of sp³-hybridized carbons (Fsp3) is 0.857. The third-order valence-electron chi connectivity index (χ3n) is 1.35. The standard InChI is InChI=1S/C7H17Si/c1-3-4-5-6-7-8-2/h2-8H2,1H3. The lowest BCUT2D eigenvalue weighted by molar-refractivity contribution is 0.701. The van der Waals surface area contributed by atoms with Crippen LogP contribution in [-0.2, 0) is 0 Å². The van der Waals surface area contributed by atoms with Crippen molar-refractivity contribution < 1.29 is 0 Å². The second-order valence-corrected chi connectivity index (χ2v) is 3.68. The zero-order valence-corrected chi connectivity index (χ0v) is 7.36. The van der Waals surface area contributed by atoms with Crippen molar-refractivity contribution in [2.24, 2.45) is 0 Å². The van der Waals surface area contributed by atoms with Crippen LogP contribution in [0.1, 0.15) is 32.6 Å². The molecule has 0 atom stereocenters. The SMILES string of the molecule is [CH2][SiH2]CCCCCC. The fourth-order valence-electron chi connectivity index (χ4n) is 0.780. The third kappa shape index (κ3) is 6.22. The van der Waals surface area contributed by atoms with Crippen molar-refractivity contribution in [3.63, 3.8) is 0 Å². The predicted molar refractivity (Wildman–Crippen MR) is 42.9 cm³/mol. The van der Waals surface area contributed by atoms with Gasteiger partial charge in [0.2, 0.25) is 0 Å². The molecule has 0 aromatic rings. The van der Waals surface area contributed by atoms with E-state index in [1.807, 2.05) is 0 Å². The minimum absolute atomic E-state index is 0.136. The van der Waals surface area contributed by atoms with Crippen molar-refractivity contribution in [2.45, 2.75) is 38.7 Å². The second kappa shape index (κ2) is 7.22. The van der Waals surface area contributed by atoms with Gasteiger partial charge in [-0.15, -0.1) is 0 Å². The highest BCUT2D eigenvalue weighted by molar-refractivity contribution is 6.37. The first-order valence-electron chi connectivity index (χ1n) is 3.71. The molecule has 0 amide bonds. The van der Waals surface area contributed by atoms with E-state index in [9.17, 15) is 0 Å². The van der Waals surface area contributed by atoms with Crippen molar-refractivity contribution in [1.29, 1.82) is 0 Å². The maximum absolute atomic E-state index is 3.92. The van der Waals surface area contributed by atoms with Crippen LogP contribution in [0.4, 0.5) is 0 Å². The summed E-state index contributed by atoms with van der Waals surface area (Å²) in [7, 11) is 0.136. The van der Waals surface area contributed by atoms with Gasteiger partial charge in [-0.25, -0.2) is 0 Å². The molecular formula is C7H17Si. The van der Waals surface area contributed by atoms with Gasteiger partial charge in [-0.2, -0.15) is 0 Å². The summed E-state index contributed by atoms with van der Waals surface area (Å²) in [6.45, 7) is 6.17. The largest absolute Gasteiger partial charge is 0.0656 e. The second-order valence-electron chi connectivity index (χ2n) is 2.27. The Morgan fingerprint density at radius 3 is 2.50 bits per heavy atom. The van der Waals surface area contributed by atoms with Crippen LogP contribution in [0.25, 0.3) is 0 Å². The van der Waals surface area contributed by atoms with Crippen LogP contribution in [0.5, 0.6) is 0 Å². The summed E-state index contributed by atoms with van der Waals surface area (Å²) < 4.78 is 0. The van der Waals surface area contributed by atoms with Crippen LogP contribution in [0.3, 0.4) is 0 Å². The molecule has 0 nitrogen and oxygen atoms in total. The monoisotopic (exact) mass is 129 g/mol. The van der Waals surface area contributed by atoms with Gasteiger partial charge in [0.05, 0.1) is 0 Å². The van der Waals surface area contributed by atoms with E-state index in [-0.39, 0.29) is 9.52 Å². The molecular weight excluding hydrogens is 112 g/mol. The molecule has 1 radical (unpaired) electrons. The molecule has 0 aliphatic carbocycles. The van der Waals surface area contributed by atoms with Gasteiger partial charge in [0.15, 0.2) is 0 Å². The molecule has 0 unspecified atom stereocenters. The van der Waals surface area contributed by atoms with Crippen molar-refractivity contribution in [3.05, 3.63) is 6.55 Å². The molecule has 0 saturated carbocycles. The van der Waals surface area contributed by atoms with Crippen molar-refractivity contribution in [3.8, 4) is 0 Å². The van der Waals surface area contributed by atoms with Gasteiger partial charge in [-0.05, 0) is 0 Å². The number of rotatable bonds is 5. The molecule has 0 spiro atoms. The van der Waals surface area contributed by atoms with Gasteiger partial charge in [0, 0.05) is 9.52 Å². The molecule has 0 aromatic carbocycles. The summed E-state index contributed by atoms with van der Waals surface area (Å²) in [6, 6.07) is 1.46. The Labute approximate surface area is 55.5 Å². The van der Waals surface area contributed by atoms with Gasteiger partial charge in [0.25, 0.3) is 0 Å². The van der Waals surface area contributed by atoms with E-state index in [2.05, 4.69) is 13.5 Å². The lowest BCUT2D eigenvalue weighted by Gasteiger charge is -1.93. The molecule has 0 aliphatic rings. The molecule has 0 bridgehead atoms. The average Bonchev–Trinajstić information content (AvgIpc) is 1.81. The summed E-state index contributed by atoms with van der Waals surface area (Å²) in [4.78, 5) is 0. The quantitative estimate of drug-likeness (QED) is 0.393. The minimum atomic E-state index is 0.136. The Bertz CT molecular complexity index is 29.4. The van der Waals surface area contributed by atoms with E-state index < -0.39 is 0 Å². The molecule has 0 fully saturated rings. The van der Waals surface area contributed by atoms with Crippen LogP contribution < -0.4 is 0 Å². The van der Waals surface area contributed by atoms with Crippen LogP contribution in [0, 0.1) is 6.55 Å². The number of unbranched alkanes of at least 4 members (excludes halogenated alkanes) is 3. The maximum atomic E-state index is 3.92. The zero-order chi connectivity index (χ0) is 6.24. The zero-order valence-electron chi connectivity index (χ0n) is 5.95. The summed E-state index contributed by atoms with van der Waals surface area (Å²) >= 11 is 0. The number of hydrogen-bond donors (Lipinski definition) is 0. The summed E-state index contributed by atoms with van der Waals surface area (Å²) in [5.74, 6) is 0. The Hall–Kier alpha value is 0.217. The Kier molecular flexibility index (Phi) is 7.41. The van der Waals surface area contributed by atoms with E-state index in [1.54, 1.807) is 0 Å². The van der Waals surface area contributed by atoms with Crippen LogP contribution in [0.15, 0.2) is 0 Å². The summed E-state index contributed by atoms with van der Waals surface area (Å²) in [5.41, 5.74) is 0. The van der Waals surface area contributed by atoms with E-state index in [0.29, 0.717) is 0 Å². The molecule has 0 N–H and O–H groups in total. The maximum Gasteiger partial charge on any atom is 0.0194 e. The summed E-state index contributed by atoms with van der Waals surface area (Å²) in [6.07, 6.45) is 5.68. The van der Waals surface area contributed by atoms with Crippen molar-refractivity contribution in [2.75, 3.05) is 0 Å². The van der Waals surface area contributed by atoms with Gasteiger partial charge < -0.3 is 0 Å². The van der Waals surface area contributed by atoms with Gasteiger partial charge in [-0.3, -0.25) is 0 Å². The van der Waals surface area contributed by atoms with Crippen LogP contribution in [-0.4, -0.2) is 9.52 Å². The van der Waals surface area contributed by atoms with Crippen LogP contribution >= 0.6 is 0 Å². The van der Waals surface area contributed by atoms with E-state index >= 15 is 0 Å². The highest BCUT2D eigenvalue weighted by Crippen LogP contribution is 2.01.